The molecule has 0 spiro atoms. The summed E-state index contributed by atoms with van der Waals surface area (Å²) < 4.78 is 5.56. The number of aryl methyl sites for hydroxylation is 1. The van der Waals surface area contributed by atoms with E-state index in [1.165, 1.54) is 6.07 Å². The maximum Gasteiger partial charge on any atom is 0.169 e. The van der Waals surface area contributed by atoms with E-state index in [0.29, 0.717) is 17.1 Å². The summed E-state index contributed by atoms with van der Waals surface area (Å²) in [5, 5.41) is 19.2. The Labute approximate surface area is 99.9 Å². The van der Waals surface area contributed by atoms with Gasteiger partial charge in [0, 0.05) is 5.56 Å². The van der Waals surface area contributed by atoms with Gasteiger partial charge in [-0.1, -0.05) is 12.1 Å². The zero-order valence-electron chi connectivity index (χ0n) is 9.77. The van der Waals surface area contributed by atoms with Gasteiger partial charge >= 0.3 is 0 Å². The van der Waals surface area contributed by atoms with Crippen molar-refractivity contribution in [1.29, 1.82) is 0 Å². The monoisotopic (exact) mass is 230 g/mol. The molecule has 2 rings (SSSR count). The summed E-state index contributed by atoms with van der Waals surface area (Å²) in [6.07, 6.45) is 0. The Bertz CT molecular complexity index is 547. The number of hydrogen-bond acceptors (Lipinski definition) is 3. The zero-order valence-corrected chi connectivity index (χ0v) is 9.77. The van der Waals surface area contributed by atoms with Crippen LogP contribution in [0, 0.1) is 13.8 Å². The van der Waals surface area contributed by atoms with Gasteiger partial charge in [-0.05, 0) is 43.7 Å². The van der Waals surface area contributed by atoms with Gasteiger partial charge in [0.2, 0.25) is 0 Å². The molecule has 0 heterocycles. The Balaban J connectivity index is 2.34. The van der Waals surface area contributed by atoms with Crippen LogP contribution in [0.3, 0.4) is 0 Å². The third kappa shape index (κ3) is 2.33. The first-order valence-electron chi connectivity index (χ1n) is 5.34. The first kappa shape index (κ1) is 11.3. The van der Waals surface area contributed by atoms with E-state index >= 15 is 0 Å². The highest BCUT2D eigenvalue weighted by atomic mass is 16.5. The maximum atomic E-state index is 9.82. The van der Waals surface area contributed by atoms with E-state index in [2.05, 4.69) is 0 Å². The van der Waals surface area contributed by atoms with Crippen LogP contribution in [0.15, 0.2) is 36.4 Å². The smallest absolute Gasteiger partial charge is 0.169 e. The summed E-state index contributed by atoms with van der Waals surface area (Å²) in [6.45, 7) is 3.60. The molecule has 0 amide bonds. The fourth-order valence-electron chi connectivity index (χ4n) is 1.55. The third-order valence-corrected chi connectivity index (χ3v) is 2.58. The second kappa shape index (κ2) is 4.37. The van der Waals surface area contributed by atoms with Crippen molar-refractivity contribution >= 4 is 0 Å². The molecule has 0 aliphatic heterocycles. The van der Waals surface area contributed by atoms with Crippen LogP contribution < -0.4 is 4.74 Å². The van der Waals surface area contributed by atoms with Crippen molar-refractivity contribution in [1.82, 2.24) is 0 Å². The summed E-state index contributed by atoms with van der Waals surface area (Å²) in [5.41, 5.74) is 1.49. The quantitative estimate of drug-likeness (QED) is 0.830. The van der Waals surface area contributed by atoms with Gasteiger partial charge in [0.15, 0.2) is 11.5 Å². The lowest BCUT2D eigenvalue weighted by molar-refractivity contribution is 0.399. The first-order valence-corrected chi connectivity index (χ1v) is 5.34. The molecule has 0 fully saturated rings. The van der Waals surface area contributed by atoms with Crippen LogP contribution in [0.4, 0.5) is 0 Å². The molecule has 88 valence electrons. The molecule has 17 heavy (non-hydrogen) atoms. The van der Waals surface area contributed by atoms with Gasteiger partial charge in [-0.15, -0.1) is 0 Å². The number of phenolic OH excluding ortho intramolecular Hbond substituents is 2. The van der Waals surface area contributed by atoms with Crippen LogP contribution in [-0.4, -0.2) is 10.2 Å². The lowest BCUT2D eigenvalue weighted by atomic mass is 10.2. The molecule has 3 heteroatoms. The van der Waals surface area contributed by atoms with Crippen molar-refractivity contribution in [3.63, 3.8) is 0 Å². The van der Waals surface area contributed by atoms with Gasteiger partial charge in [0.1, 0.15) is 11.5 Å². The van der Waals surface area contributed by atoms with E-state index in [-0.39, 0.29) is 11.5 Å². The van der Waals surface area contributed by atoms with Crippen LogP contribution >= 0.6 is 0 Å². The minimum atomic E-state index is -0.0356. The number of hydrogen-bond donors (Lipinski definition) is 2. The SMILES string of the molecule is Cc1cccc(Oc2ccc(O)c(C)c2O)c1. The van der Waals surface area contributed by atoms with E-state index in [1.54, 1.807) is 13.0 Å². The van der Waals surface area contributed by atoms with Crippen LogP contribution in [0.2, 0.25) is 0 Å². The number of phenols is 2. The number of aromatic hydroxyl groups is 2. The average Bonchev–Trinajstić information content (AvgIpc) is 2.30. The van der Waals surface area contributed by atoms with Crippen LogP contribution in [0.1, 0.15) is 11.1 Å². The maximum absolute atomic E-state index is 9.82. The molecule has 0 saturated heterocycles. The van der Waals surface area contributed by atoms with Crippen molar-refractivity contribution in [2.45, 2.75) is 13.8 Å². The van der Waals surface area contributed by atoms with Gasteiger partial charge in [-0.25, -0.2) is 0 Å². The summed E-state index contributed by atoms with van der Waals surface area (Å²) >= 11 is 0. The predicted octanol–water partition coefficient (Wildman–Crippen LogP) is 3.51. The highest BCUT2D eigenvalue weighted by Crippen LogP contribution is 2.37. The Kier molecular flexibility index (Phi) is 2.91. The van der Waals surface area contributed by atoms with Crippen LogP contribution in [0.5, 0.6) is 23.0 Å². The summed E-state index contributed by atoms with van der Waals surface area (Å²) in [6, 6.07) is 10.6. The molecule has 0 radical (unpaired) electrons. The van der Waals surface area contributed by atoms with E-state index < -0.39 is 0 Å². The van der Waals surface area contributed by atoms with Gasteiger partial charge in [0.25, 0.3) is 0 Å². The van der Waals surface area contributed by atoms with Crippen LogP contribution in [-0.2, 0) is 0 Å². The molecule has 0 aliphatic carbocycles. The fraction of sp³-hybridized carbons (Fsp3) is 0.143. The number of rotatable bonds is 2. The summed E-state index contributed by atoms with van der Waals surface area (Å²) in [5.74, 6) is 1.02. The highest BCUT2D eigenvalue weighted by Gasteiger charge is 2.10. The van der Waals surface area contributed by atoms with Gasteiger partial charge < -0.3 is 14.9 Å². The molecule has 2 N–H and O–H groups in total. The Morgan fingerprint density at radius 1 is 1.00 bits per heavy atom. The topological polar surface area (TPSA) is 49.7 Å². The van der Waals surface area contributed by atoms with E-state index in [4.69, 9.17) is 4.74 Å². The lowest BCUT2D eigenvalue weighted by Gasteiger charge is -2.10. The van der Waals surface area contributed by atoms with Crippen molar-refractivity contribution < 1.29 is 14.9 Å². The molecular formula is C14H14O3. The lowest BCUT2D eigenvalue weighted by Crippen LogP contribution is -1.87. The van der Waals surface area contributed by atoms with Crippen LogP contribution in [0.25, 0.3) is 0 Å². The molecule has 0 aliphatic rings. The normalized spacial score (nSPS) is 10.2. The molecule has 2 aromatic carbocycles. The molecule has 0 unspecified atom stereocenters. The molecule has 0 aromatic heterocycles. The molecule has 3 nitrogen and oxygen atoms in total. The average molecular weight is 230 g/mol. The number of benzene rings is 2. The molecule has 0 atom stereocenters. The first-order chi connectivity index (χ1) is 8.08. The van der Waals surface area contributed by atoms with Crippen molar-refractivity contribution in [3.05, 3.63) is 47.5 Å². The molecule has 0 bridgehead atoms. The Hall–Kier alpha value is -2.16. The summed E-state index contributed by atoms with van der Waals surface area (Å²) in [4.78, 5) is 0. The zero-order chi connectivity index (χ0) is 12.4. The third-order valence-electron chi connectivity index (χ3n) is 2.58. The van der Waals surface area contributed by atoms with Gasteiger partial charge in [0.05, 0.1) is 0 Å². The second-order valence-electron chi connectivity index (χ2n) is 3.98. The largest absolute Gasteiger partial charge is 0.508 e. The van der Waals surface area contributed by atoms with Gasteiger partial charge in [-0.2, -0.15) is 0 Å². The Morgan fingerprint density at radius 2 is 1.76 bits per heavy atom. The molecule has 2 aromatic rings. The Morgan fingerprint density at radius 3 is 2.47 bits per heavy atom. The minimum Gasteiger partial charge on any atom is -0.508 e. The summed E-state index contributed by atoms with van der Waals surface area (Å²) in [7, 11) is 0. The van der Waals surface area contributed by atoms with Gasteiger partial charge in [-0.3, -0.25) is 0 Å². The second-order valence-corrected chi connectivity index (χ2v) is 3.98. The van der Waals surface area contributed by atoms with E-state index in [9.17, 15) is 10.2 Å². The predicted molar refractivity (Wildman–Crippen MR) is 65.8 cm³/mol. The van der Waals surface area contributed by atoms with Crippen molar-refractivity contribution in [2.75, 3.05) is 0 Å². The fourth-order valence-corrected chi connectivity index (χ4v) is 1.55. The van der Waals surface area contributed by atoms with Crippen molar-refractivity contribution in [3.8, 4) is 23.0 Å². The van der Waals surface area contributed by atoms with E-state index in [0.717, 1.165) is 5.56 Å². The van der Waals surface area contributed by atoms with E-state index in [1.807, 2.05) is 31.2 Å². The number of ether oxygens (including phenoxy) is 1. The van der Waals surface area contributed by atoms with Crippen molar-refractivity contribution in [2.24, 2.45) is 0 Å². The molecule has 0 saturated carbocycles. The molecular weight excluding hydrogens is 216 g/mol. The standard InChI is InChI=1S/C14H14O3/c1-9-4-3-5-11(8-9)17-13-7-6-12(15)10(2)14(13)16/h3-8,15-16H,1-2H3. The highest BCUT2D eigenvalue weighted by molar-refractivity contribution is 5.52. The minimum absolute atomic E-state index is 0.0356.